The van der Waals surface area contributed by atoms with E-state index in [0.29, 0.717) is 6.73 Å². The molecule has 1 N–H and O–H groups in total. The number of benzene rings is 1. The van der Waals surface area contributed by atoms with Crippen LogP contribution in [0.1, 0.15) is 16.7 Å². The number of hydrogen-bond donors (Lipinski definition) is 1. The number of rotatable bonds is 4. The zero-order chi connectivity index (χ0) is 11.4. The van der Waals surface area contributed by atoms with E-state index in [-0.39, 0.29) is 0 Å². The predicted octanol–water partition coefficient (Wildman–Crippen LogP) is 2.64. The molecule has 0 saturated heterocycles. The van der Waals surface area contributed by atoms with Gasteiger partial charge in [-0.15, -0.1) is 0 Å². The van der Waals surface area contributed by atoms with E-state index in [1.807, 2.05) is 0 Å². The van der Waals surface area contributed by atoms with E-state index in [1.54, 1.807) is 14.2 Å². The monoisotopic (exact) mass is 209 g/mol. The fourth-order valence-corrected chi connectivity index (χ4v) is 1.67. The van der Waals surface area contributed by atoms with Crippen molar-refractivity contribution < 1.29 is 9.47 Å². The highest BCUT2D eigenvalue weighted by molar-refractivity contribution is 5.66. The summed E-state index contributed by atoms with van der Waals surface area (Å²) in [6.45, 7) is 6.70. The van der Waals surface area contributed by atoms with Gasteiger partial charge in [0.15, 0.2) is 0 Å². The summed E-state index contributed by atoms with van der Waals surface area (Å²) in [6.07, 6.45) is 0. The van der Waals surface area contributed by atoms with Crippen LogP contribution in [0.2, 0.25) is 0 Å². The minimum absolute atomic E-state index is 0.486. The van der Waals surface area contributed by atoms with Crippen molar-refractivity contribution in [3.05, 3.63) is 22.8 Å². The first-order valence-electron chi connectivity index (χ1n) is 4.99. The summed E-state index contributed by atoms with van der Waals surface area (Å²) in [5, 5.41) is 3.20. The zero-order valence-electron chi connectivity index (χ0n) is 10.1. The van der Waals surface area contributed by atoms with Crippen molar-refractivity contribution >= 4 is 5.69 Å². The quantitative estimate of drug-likeness (QED) is 0.773. The van der Waals surface area contributed by atoms with Gasteiger partial charge < -0.3 is 14.8 Å². The Labute approximate surface area is 91.4 Å². The van der Waals surface area contributed by atoms with Crippen LogP contribution in [0.25, 0.3) is 0 Å². The van der Waals surface area contributed by atoms with Crippen molar-refractivity contribution in [3.63, 3.8) is 0 Å². The Balaban J connectivity index is 3.16. The van der Waals surface area contributed by atoms with Crippen molar-refractivity contribution in [1.82, 2.24) is 0 Å². The number of methoxy groups -OCH3 is 2. The average molecular weight is 209 g/mol. The summed E-state index contributed by atoms with van der Waals surface area (Å²) in [6, 6.07) is 2.15. The molecule has 0 aliphatic carbocycles. The molecule has 0 heterocycles. The summed E-state index contributed by atoms with van der Waals surface area (Å²) in [7, 11) is 3.36. The number of hydrogen-bond acceptors (Lipinski definition) is 3. The number of aryl methyl sites for hydroxylation is 2. The molecule has 0 bridgehead atoms. The molecule has 1 rings (SSSR count). The average Bonchev–Trinajstić information content (AvgIpc) is 2.21. The first-order valence-corrected chi connectivity index (χ1v) is 4.99. The summed E-state index contributed by atoms with van der Waals surface area (Å²) >= 11 is 0. The van der Waals surface area contributed by atoms with Gasteiger partial charge in [0.1, 0.15) is 12.5 Å². The van der Waals surface area contributed by atoms with E-state index in [0.717, 1.165) is 11.4 Å². The van der Waals surface area contributed by atoms with Crippen LogP contribution in [-0.4, -0.2) is 21.0 Å². The molecule has 0 aliphatic rings. The molecule has 0 aliphatic heterocycles. The lowest BCUT2D eigenvalue weighted by atomic mass is 10.0. The van der Waals surface area contributed by atoms with Gasteiger partial charge >= 0.3 is 0 Å². The smallest absolute Gasteiger partial charge is 0.145 e. The van der Waals surface area contributed by atoms with Gasteiger partial charge in [-0.3, -0.25) is 0 Å². The molecule has 0 spiro atoms. The maximum absolute atomic E-state index is 5.42. The summed E-state index contributed by atoms with van der Waals surface area (Å²) in [5.41, 5.74) is 4.60. The van der Waals surface area contributed by atoms with Crippen molar-refractivity contribution in [2.24, 2.45) is 0 Å². The third-order valence-electron chi connectivity index (χ3n) is 2.58. The van der Waals surface area contributed by atoms with Gasteiger partial charge in [0, 0.05) is 7.11 Å². The highest BCUT2D eigenvalue weighted by Gasteiger charge is 2.11. The first kappa shape index (κ1) is 11.9. The zero-order valence-corrected chi connectivity index (χ0v) is 10.1. The fraction of sp³-hybridized carbons (Fsp3) is 0.500. The third-order valence-corrected chi connectivity index (χ3v) is 2.58. The summed E-state index contributed by atoms with van der Waals surface area (Å²) in [5.74, 6) is 0.907. The standard InChI is InChI=1S/C12H19NO2/c1-8-6-9(2)11(13-7-14-4)12(15-5)10(8)3/h6,13H,7H2,1-5H3. The van der Waals surface area contributed by atoms with E-state index < -0.39 is 0 Å². The van der Waals surface area contributed by atoms with Crippen molar-refractivity contribution in [3.8, 4) is 5.75 Å². The lowest BCUT2D eigenvalue weighted by Crippen LogP contribution is -2.07. The molecule has 1 aromatic carbocycles. The van der Waals surface area contributed by atoms with Gasteiger partial charge in [-0.1, -0.05) is 6.07 Å². The number of ether oxygens (including phenoxy) is 2. The molecule has 1 aromatic rings. The van der Waals surface area contributed by atoms with Crippen molar-refractivity contribution in [2.45, 2.75) is 20.8 Å². The van der Waals surface area contributed by atoms with Crippen LogP contribution >= 0.6 is 0 Å². The molecule has 0 saturated carbocycles. The molecule has 84 valence electrons. The van der Waals surface area contributed by atoms with Crippen LogP contribution < -0.4 is 10.1 Å². The molecule has 0 atom stereocenters. The van der Waals surface area contributed by atoms with E-state index in [9.17, 15) is 0 Å². The second kappa shape index (κ2) is 5.03. The second-order valence-electron chi connectivity index (χ2n) is 3.65. The lowest BCUT2D eigenvalue weighted by Gasteiger charge is -2.17. The van der Waals surface area contributed by atoms with Gasteiger partial charge in [-0.2, -0.15) is 0 Å². The highest BCUT2D eigenvalue weighted by Crippen LogP contribution is 2.33. The van der Waals surface area contributed by atoms with E-state index in [1.165, 1.54) is 16.7 Å². The van der Waals surface area contributed by atoms with Crippen LogP contribution in [0.3, 0.4) is 0 Å². The Morgan fingerprint density at radius 1 is 1.13 bits per heavy atom. The Morgan fingerprint density at radius 2 is 1.80 bits per heavy atom. The second-order valence-corrected chi connectivity index (χ2v) is 3.65. The Hall–Kier alpha value is -1.22. The van der Waals surface area contributed by atoms with Gasteiger partial charge in [0.2, 0.25) is 0 Å². The maximum Gasteiger partial charge on any atom is 0.145 e. The first-order chi connectivity index (χ1) is 7.11. The van der Waals surface area contributed by atoms with Crippen LogP contribution in [0.5, 0.6) is 5.75 Å². The third kappa shape index (κ3) is 2.42. The molecule has 0 fully saturated rings. The molecule has 0 amide bonds. The SMILES string of the molecule is COCNc1c(C)cc(C)c(C)c1OC. The summed E-state index contributed by atoms with van der Waals surface area (Å²) < 4.78 is 10.4. The lowest BCUT2D eigenvalue weighted by molar-refractivity contribution is 0.221. The molecule has 15 heavy (non-hydrogen) atoms. The van der Waals surface area contributed by atoms with E-state index in [2.05, 4.69) is 32.2 Å². The minimum atomic E-state index is 0.486. The van der Waals surface area contributed by atoms with Crippen molar-refractivity contribution in [1.29, 1.82) is 0 Å². The molecule has 0 aromatic heterocycles. The molecule has 0 unspecified atom stereocenters. The van der Waals surface area contributed by atoms with Crippen LogP contribution in [0, 0.1) is 20.8 Å². The molecule has 0 radical (unpaired) electrons. The van der Waals surface area contributed by atoms with Crippen LogP contribution in [0.15, 0.2) is 6.07 Å². The Bertz CT molecular complexity index is 348. The normalized spacial score (nSPS) is 10.2. The van der Waals surface area contributed by atoms with E-state index in [4.69, 9.17) is 9.47 Å². The Morgan fingerprint density at radius 3 is 2.33 bits per heavy atom. The number of nitrogens with one attached hydrogen (secondary N) is 1. The Kier molecular flexibility index (Phi) is 3.97. The fourth-order valence-electron chi connectivity index (χ4n) is 1.67. The molecular weight excluding hydrogens is 190 g/mol. The largest absolute Gasteiger partial charge is 0.494 e. The van der Waals surface area contributed by atoms with Gasteiger partial charge in [0.05, 0.1) is 12.8 Å². The van der Waals surface area contributed by atoms with Gasteiger partial charge in [-0.05, 0) is 37.5 Å². The maximum atomic E-state index is 5.42. The summed E-state index contributed by atoms with van der Waals surface area (Å²) in [4.78, 5) is 0. The topological polar surface area (TPSA) is 30.5 Å². The van der Waals surface area contributed by atoms with Crippen LogP contribution in [-0.2, 0) is 4.74 Å². The predicted molar refractivity (Wildman–Crippen MR) is 62.7 cm³/mol. The number of anilines is 1. The van der Waals surface area contributed by atoms with E-state index >= 15 is 0 Å². The molecule has 3 heteroatoms. The minimum Gasteiger partial charge on any atom is -0.494 e. The molecule has 3 nitrogen and oxygen atoms in total. The van der Waals surface area contributed by atoms with Gasteiger partial charge in [-0.25, -0.2) is 0 Å². The van der Waals surface area contributed by atoms with Gasteiger partial charge in [0.25, 0.3) is 0 Å². The van der Waals surface area contributed by atoms with Crippen LogP contribution in [0.4, 0.5) is 5.69 Å². The highest BCUT2D eigenvalue weighted by atomic mass is 16.5. The van der Waals surface area contributed by atoms with Crippen molar-refractivity contribution in [2.75, 3.05) is 26.3 Å². The molecular formula is C12H19NO2.